The molecule has 0 bridgehead atoms. The van der Waals surface area contributed by atoms with Gasteiger partial charge in [0.15, 0.2) is 0 Å². The molecule has 2 nitrogen and oxygen atoms in total. The molecule has 0 saturated carbocycles. The number of aromatic hydroxyl groups is 1. The summed E-state index contributed by atoms with van der Waals surface area (Å²) in [5.41, 5.74) is 4.86. The number of thiophene rings is 1. The Morgan fingerprint density at radius 2 is 2.00 bits per heavy atom. The highest BCUT2D eigenvalue weighted by molar-refractivity contribution is 9.10. The second-order valence-corrected chi connectivity index (χ2v) is 5.78. The van der Waals surface area contributed by atoms with Crippen LogP contribution >= 0.6 is 27.3 Å². The van der Waals surface area contributed by atoms with E-state index in [4.69, 9.17) is 5.73 Å². The third-order valence-electron chi connectivity index (χ3n) is 2.59. The van der Waals surface area contributed by atoms with Crippen molar-refractivity contribution in [3.63, 3.8) is 0 Å². The number of halogens is 4. The van der Waals surface area contributed by atoms with Crippen LogP contribution in [0.5, 0.6) is 5.75 Å². The molecule has 3 N–H and O–H groups in total. The molecule has 0 unspecified atom stereocenters. The largest absolute Gasteiger partial charge is 0.507 e. The summed E-state index contributed by atoms with van der Waals surface area (Å²) in [6.07, 6.45) is -4.63. The minimum Gasteiger partial charge on any atom is -0.507 e. The molecule has 2 rings (SSSR count). The molecule has 0 spiro atoms. The van der Waals surface area contributed by atoms with Gasteiger partial charge in [0.2, 0.25) is 0 Å². The second kappa shape index (κ2) is 5.15. The fraction of sp³-hybridized carbons (Fsp3) is 0.167. The van der Waals surface area contributed by atoms with Gasteiger partial charge < -0.3 is 10.8 Å². The predicted molar refractivity (Wildman–Crippen MR) is 71.2 cm³/mol. The van der Waals surface area contributed by atoms with Crippen molar-refractivity contribution in [2.75, 3.05) is 0 Å². The van der Waals surface area contributed by atoms with Gasteiger partial charge in [-0.05, 0) is 23.6 Å². The molecule has 1 aromatic carbocycles. The van der Waals surface area contributed by atoms with Crippen molar-refractivity contribution in [3.05, 3.63) is 50.1 Å². The Balaban J connectivity index is 2.55. The van der Waals surface area contributed by atoms with Crippen LogP contribution in [0.25, 0.3) is 0 Å². The van der Waals surface area contributed by atoms with Crippen LogP contribution in [0.3, 0.4) is 0 Å². The van der Waals surface area contributed by atoms with E-state index in [1.807, 2.05) is 0 Å². The first-order valence-electron chi connectivity index (χ1n) is 5.19. The zero-order valence-corrected chi connectivity index (χ0v) is 11.8. The first kappa shape index (κ1) is 14.4. The summed E-state index contributed by atoms with van der Waals surface area (Å²) >= 11 is 4.33. The standard InChI is InChI=1S/C12H9BrF3NOS/c13-6-4-7(10(17)9-2-1-3-19-9)11(18)8(5-6)12(14,15)16/h1-5,10,18H,17H2/t10-/m0/s1. The molecular formula is C12H9BrF3NOS. The van der Waals surface area contributed by atoms with Crippen molar-refractivity contribution < 1.29 is 18.3 Å². The van der Waals surface area contributed by atoms with Gasteiger partial charge in [-0.3, -0.25) is 0 Å². The van der Waals surface area contributed by atoms with Crippen LogP contribution in [0.2, 0.25) is 0 Å². The van der Waals surface area contributed by atoms with Crippen LogP contribution in [0, 0.1) is 0 Å². The Hall–Kier alpha value is -1.05. The highest BCUT2D eigenvalue weighted by Gasteiger charge is 2.36. The van der Waals surface area contributed by atoms with E-state index >= 15 is 0 Å². The Labute approximate surface area is 119 Å². The maximum atomic E-state index is 12.8. The highest BCUT2D eigenvalue weighted by atomic mass is 79.9. The van der Waals surface area contributed by atoms with Gasteiger partial charge in [-0.1, -0.05) is 22.0 Å². The normalized spacial score (nSPS) is 13.5. The Kier molecular flexibility index (Phi) is 3.89. The van der Waals surface area contributed by atoms with Crippen LogP contribution in [0.15, 0.2) is 34.1 Å². The number of phenols is 1. The molecule has 7 heteroatoms. The lowest BCUT2D eigenvalue weighted by Crippen LogP contribution is -2.13. The molecule has 19 heavy (non-hydrogen) atoms. The number of hydrogen-bond acceptors (Lipinski definition) is 3. The van der Waals surface area contributed by atoms with Crippen molar-refractivity contribution in [3.8, 4) is 5.75 Å². The molecule has 0 aliphatic rings. The zero-order chi connectivity index (χ0) is 14.2. The average molecular weight is 352 g/mol. The van der Waals surface area contributed by atoms with Gasteiger partial charge in [0.25, 0.3) is 0 Å². The van der Waals surface area contributed by atoms with Gasteiger partial charge in [0, 0.05) is 14.9 Å². The lowest BCUT2D eigenvalue weighted by atomic mass is 10.0. The molecule has 2 aromatic rings. The van der Waals surface area contributed by atoms with E-state index < -0.39 is 23.5 Å². The molecule has 0 radical (unpaired) electrons. The molecule has 102 valence electrons. The average Bonchev–Trinajstić information content (AvgIpc) is 2.83. The second-order valence-electron chi connectivity index (χ2n) is 3.88. The van der Waals surface area contributed by atoms with Crippen molar-refractivity contribution in [1.29, 1.82) is 0 Å². The Morgan fingerprint density at radius 1 is 1.32 bits per heavy atom. The van der Waals surface area contributed by atoms with Gasteiger partial charge in [-0.2, -0.15) is 13.2 Å². The highest BCUT2D eigenvalue weighted by Crippen LogP contribution is 2.42. The molecule has 1 atom stereocenters. The number of hydrogen-bond donors (Lipinski definition) is 2. The number of rotatable bonds is 2. The van der Waals surface area contributed by atoms with Crippen molar-refractivity contribution in [2.24, 2.45) is 5.73 Å². The van der Waals surface area contributed by atoms with Gasteiger partial charge in [0.1, 0.15) is 5.75 Å². The van der Waals surface area contributed by atoms with Crippen LogP contribution in [0.4, 0.5) is 13.2 Å². The maximum Gasteiger partial charge on any atom is 0.420 e. The first-order valence-corrected chi connectivity index (χ1v) is 6.86. The minimum absolute atomic E-state index is 0.0455. The zero-order valence-electron chi connectivity index (χ0n) is 9.41. The van der Waals surface area contributed by atoms with Gasteiger partial charge in [-0.25, -0.2) is 0 Å². The summed E-state index contributed by atoms with van der Waals surface area (Å²) in [5.74, 6) is -0.823. The number of phenolic OH excluding ortho intramolecular Hbond substituents is 1. The summed E-state index contributed by atoms with van der Waals surface area (Å²) in [6.45, 7) is 0. The quantitative estimate of drug-likeness (QED) is 0.847. The summed E-state index contributed by atoms with van der Waals surface area (Å²) in [5, 5.41) is 11.6. The molecule has 1 heterocycles. The lowest BCUT2D eigenvalue weighted by Gasteiger charge is -2.17. The fourth-order valence-corrected chi connectivity index (χ4v) is 2.92. The molecule has 0 aliphatic heterocycles. The van der Waals surface area contributed by atoms with Crippen LogP contribution in [-0.2, 0) is 6.18 Å². The Bertz CT molecular complexity index is 583. The van der Waals surface area contributed by atoms with Gasteiger partial charge >= 0.3 is 6.18 Å². The van der Waals surface area contributed by atoms with Crippen molar-refractivity contribution in [1.82, 2.24) is 0 Å². The Morgan fingerprint density at radius 3 is 2.53 bits per heavy atom. The van der Waals surface area contributed by atoms with Crippen LogP contribution in [0.1, 0.15) is 22.0 Å². The number of benzene rings is 1. The first-order chi connectivity index (χ1) is 8.80. The van der Waals surface area contributed by atoms with Crippen LogP contribution in [-0.4, -0.2) is 5.11 Å². The lowest BCUT2D eigenvalue weighted by molar-refractivity contribution is -0.138. The minimum atomic E-state index is -4.63. The monoisotopic (exact) mass is 351 g/mol. The summed E-state index contributed by atoms with van der Waals surface area (Å²) in [7, 11) is 0. The third kappa shape index (κ3) is 2.93. The molecule has 0 amide bonds. The van der Waals surface area contributed by atoms with Crippen molar-refractivity contribution in [2.45, 2.75) is 12.2 Å². The molecule has 0 saturated heterocycles. The smallest absolute Gasteiger partial charge is 0.420 e. The van der Waals surface area contributed by atoms with E-state index in [0.717, 1.165) is 6.07 Å². The number of alkyl halides is 3. The molecule has 0 aliphatic carbocycles. The SMILES string of the molecule is N[C@H](c1cccs1)c1cc(Br)cc(C(F)(F)F)c1O. The molecular weight excluding hydrogens is 343 g/mol. The van der Waals surface area contributed by atoms with E-state index in [9.17, 15) is 18.3 Å². The predicted octanol–water partition coefficient (Wildman–Crippen LogP) is 4.28. The molecule has 0 fully saturated rings. The van der Waals surface area contributed by atoms with Crippen molar-refractivity contribution >= 4 is 27.3 Å². The van der Waals surface area contributed by atoms with Gasteiger partial charge in [0.05, 0.1) is 11.6 Å². The van der Waals surface area contributed by atoms with E-state index in [-0.39, 0.29) is 10.0 Å². The fourth-order valence-electron chi connectivity index (χ4n) is 1.69. The van der Waals surface area contributed by atoms with E-state index in [1.54, 1.807) is 17.5 Å². The molecule has 1 aromatic heterocycles. The third-order valence-corrected chi connectivity index (χ3v) is 4.01. The number of nitrogens with two attached hydrogens (primary N) is 1. The van der Waals surface area contributed by atoms with E-state index in [0.29, 0.717) is 4.88 Å². The van der Waals surface area contributed by atoms with E-state index in [1.165, 1.54) is 17.4 Å². The summed E-state index contributed by atoms with van der Waals surface area (Å²) in [6, 6.07) is 4.90. The van der Waals surface area contributed by atoms with E-state index in [2.05, 4.69) is 15.9 Å². The summed E-state index contributed by atoms with van der Waals surface area (Å²) in [4.78, 5) is 0.682. The topological polar surface area (TPSA) is 46.2 Å². The van der Waals surface area contributed by atoms with Gasteiger partial charge in [-0.15, -0.1) is 11.3 Å². The maximum absolute atomic E-state index is 12.8. The summed E-state index contributed by atoms with van der Waals surface area (Å²) < 4.78 is 38.6. The van der Waals surface area contributed by atoms with Crippen LogP contribution < -0.4 is 5.73 Å².